The standard InChI is InChI=1S/C48H79NO7/c1-6-8-10-12-14-16-18-20-22-23-25-26-28-30-32-34-36-38-46(50)55-43-44(42-54-41-40-45(48(52)53)49(3,4)5)56-47(51)39-37-35-33-31-29-27-24-21-19-17-15-13-11-9-7-2/h8-11,14-17,20-22,24,29,31,44-45H,6-7,12-13,18-19,23,25-28,30,32-43H2,1-5H3/p+1/b10-8-,11-9-,16-14-,17-15-,22-20-,24-21-,31-29-. The number of hydrogen-bond acceptors (Lipinski definition) is 6. The van der Waals surface area contributed by atoms with E-state index in [2.05, 4.69) is 98.9 Å². The van der Waals surface area contributed by atoms with Gasteiger partial charge in [0, 0.05) is 19.3 Å². The molecule has 0 aromatic carbocycles. The lowest BCUT2D eigenvalue weighted by molar-refractivity contribution is -0.887. The lowest BCUT2D eigenvalue weighted by Gasteiger charge is -2.31. The minimum absolute atomic E-state index is 0.0359. The summed E-state index contributed by atoms with van der Waals surface area (Å²) in [5.41, 5.74) is 0. The van der Waals surface area contributed by atoms with E-state index in [0.717, 1.165) is 83.5 Å². The van der Waals surface area contributed by atoms with Gasteiger partial charge in [0.05, 0.1) is 34.4 Å². The van der Waals surface area contributed by atoms with E-state index in [1.807, 2.05) is 21.1 Å². The number of unbranched alkanes of at least 4 members (excludes halogenated alkanes) is 9. The first-order valence-electron chi connectivity index (χ1n) is 21.6. The predicted octanol–water partition coefficient (Wildman–Crippen LogP) is 11.7. The van der Waals surface area contributed by atoms with Gasteiger partial charge in [0.25, 0.3) is 0 Å². The molecule has 318 valence electrons. The normalized spacial score (nSPS) is 13.8. The fourth-order valence-electron chi connectivity index (χ4n) is 5.74. The Labute approximate surface area is 342 Å². The number of aliphatic carboxylic acids is 1. The molecule has 2 unspecified atom stereocenters. The van der Waals surface area contributed by atoms with Crippen molar-refractivity contribution in [2.45, 2.75) is 161 Å². The molecule has 56 heavy (non-hydrogen) atoms. The molecule has 8 nitrogen and oxygen atoms in total. The van der Waals surface area contributed by atoms with Crippen molar-refractivity contribution >= 4 is 17.9 Å². The lowest BCUT2D eigenvalue weighted by atomic mass is 10.1. The zero-order valence-electron chi connectivity index (χ0n) is 36.1. The molecular weight excluding hydrogens is 703 g/mol. The first-order valence-corrected chi connectivity index (χ1v) is 21.6. The van der Waals surface area contributed by atoms with Crippen LogP contribution in [0.15, 0.2) is 85.1 Å². The molecule has 0 aliphatic heterocycles. The summed E-state index contributed by atoms with van der Waals surface area (Å²) < 4.78 is 17.2. The second-order valence-electron chi connectivity index (χ2n) is 15.2. The van der Waals surface area contributed by atoms with E-state index in [4.69, 9.17) is 14.2 Å². The Morgan fingerprint density at radius 2 is 0.946 bits per heavy atom. The molecule has 0 bridgehead atoms. The van der Waals surface area contributed by atoms with Crippen molar-refractivity contribution in [2.24, 2.45) is 0 Å². The molecule has 0 amide bonds. The fraction of sp³-hybridized carbons (Fsp3) is 0.646. The molecule has 0 aliphatic carbocycles. The van der Waals surface area contributed by atoms with Gasteiger partial charge < -0.3 is 23.8 Å². The van der Waals surface area contributed by atoms with Crippen molar-refractivity contribution in [2.75, 3.05) is 41.0 Å². The van der Waals surface area contributed by atoms with Gasteiger partial charge in [-0.3, -0.25) is 9.59 Å². The average molecular weight is 783 g/mol. The van der Waals surface area contributed by atoms with Gasteiger partial charge in [-0.1, -0.05) is 131 Å². The number of hydrogen-bond donors (Lipinski definition) is 1. The van der Waals surface area contributed by atoms with Gasteiger partial charge in [-0.05, 0) is 83.5 Å². The van der Waals surface area contributed by atoms with Crippen LogP contribution < -0.4 is 0 Å². The molecule has 0 aromatic rings. The summed E-state index contributed by atoms with van der Waals surface area (Å²) in [5, 5.41) is 9.61. The summed E-state index contributed by atoms with van der Waals surface area (Å²) in [7, 11) is 5.50. The van der Waals surface area contributed by atoms with Crippen LogP contribution in [0.2, 0.25) is 0 Å². The third kappa shape index (κ3) is 36.2. The van der Waals surface area contributed by atoms with Gasteiger partial charge in [0.2, 0.25) is 0 Å². The van der Waals surface area contributed by atoms with Crippen LogP contribution in [0.1, 0.15) is 149 Å². The quantitative estimate of drug-likeness (QED) is 0.0290. The Kier molecular flexibility index (Phi) is 36.0. The van der Waals surface area contributed by atoms with Crippen molar-refractivity contribution in [1.82, 2.24) is 0 Å². The van der Waals surface area contributed by atoms with E-state index in [-0.39, 0.29) is 42.7 Å². The average Bonchev–Trinajstić information content (AvgIpc) is 3.15. The summed E-state index contributed by atoms with van der Waals surface area (Å²) in [6.07, 6.45) is 49.1. The second kappa shape index (κ2) is 38.4. The van der Waals surface area contributed by atoms with E-state index >= 15 is 0 Å². The summed E-state index contributed by atoms with van der Waals surface area (Å²) in [6, 6.07) is -0.628. The lowest BCUT2D eigenvalue weighted by Crippen LogP contribution is -2.50. The van der Waals surface area contributed by atoms with E-state index in [9.17, 15) is 19.5 Å². The number of carboxylic acids is 1. The summed E-state index contributed by atoms with van der Waals surface area (Å²) in [4.78, 5) is 37.0. The number of nitrogens with zero attached hydrogens (tertiary/aromatic N) is 1. The van der Waals surface area contributed by atoms with Crippen molar-refractivity contribution in [3.8, 4) is 0 Å². The van der Waals surface area contributed by atoms with Crippen LogP contribution in [-0.4, -0.2) is 80.6 Å². The molecular formula is C48H80NO7+. The van der Waals surface area contributed by atoms with Crippen LogP contribution in [0.5, 0.6) is 0 Å². The van der Waals surface area contributed by atoms with Crippen LogP contribution in [0.4, 0.5) is 0 Å². The highest BCUT2D eigenvalue weighted by molar-refractivity contribution is 5.72. The molecule has 0 saturated carbocycles. The number of quaternary nitrogens is 1. The smallest absolute Gasteiger partial charge is 0.362 e. The van der Waals surface area contributed by atoms with Crippen molar-refractivity contribution in [3.05, 3.63) is 85.1 Å². The van der Waals surface area contributed by atoms with Crippen molar-refractivity contribution in [1.29, 1.82) is 0 Å². The molecule has 0 aliphatic rings. The second-order valence-corrected chi connectivity index (χ2v) is 15.2. The number of ether oxygens (including phenoxy) is 3. The predicted molar refractivity (Wildman–Crippen MR) is 233 cm³/mol. The molecule has 0 spiro atoms. The molecule has 0 heterocycles. The van der Waals surface area contributed by atoms with Crippen LogP contribution >= 0.6 is 0 Å². The van der Waals surface area contributed by atoms with Crippen LogP contribution in [-0.2, 0) is 28.6 Å². The number of esters is 2. The number of carbonyl (C=O) groups is 3. The van der Waals surface area contributed by atoms with Crippen molar-refractivity contribution < 1.29 is 38.2 Å². The largest absolute Gasteiger partial charge is 0.477 e. The van der Waals surface area contributed by atoms with E-state index in [1.165, 1.54) is 25.7 Å². The van der Waals surface area contributed by atoms with Gasteiger partial charge in [0.1, 0.15) is 6.61 Å². The minimum Gasteiger partial charge on any atom is -0.477 e. The maximum Gasteiger partial charge on any atom is 0.362 e. The molecule has 2 atom stereocenters. The maximum atomic E-state index is 12.7. The topological polar surface area (TPSA) is 99.1 Å². The minimum atomic E-state index is -0.887. The number of rotatable bonds is 37. The Morgan fingerprint density at radius 1 is 0.536 bits per heavy atom. The number of likely N-dealkylation sites (N-methyl/N-ethyl adjacent to an activating group) is 1. The Balaban J connectivity index is 4.44. The first-order chi connectivity index (χ1) is 27.1. The van der Waals surface area contributed by atoms with E-state index in [0.29, 0.717) is 19.3 Å². The van der Waals surface area contributed by atoms with E-state index < -0.39 is 18.1 Å². The summed E-state index contributed by atoms with van der Waals surface area (Å²) in [5.74, 6) is -1.55. The van der Waals surface area contributed by atoms with Gasteiger partial charge in [-0.25, -0.2) is 4.79 Å². The Morgan fingerprint density at radius 3 is 1.43 bits per heavy atom. The van der Waals surface area contributed by atoms with E-state index in [1.54, 1.807) is 0 Å². The highest BCUT2D eigenvalue weighted by Gasteiger charge is 2.31. The zero-order chi connectivity index (χ0) is 41.4. The third-order valence-electron chi connectivity index (χ3n) is 9.04. The number of allylic oxidation sites excluding steroid dienone is 14. The maximum absolute atomic E-state index is 12.7. The van der Waals surface area contributed by atoms with Gasteiger partial charge in [-0.15, -0.1) is 0 Å². The van der Waals surface area contributed by atoms with Gasteiger partial charge in [-0.2, -0.15) is 0 Å². The monoisotopic (exact) mass is 783 g/mol. The van der Waals surface area contributed by atoms with Crippen LogP contribution in [0.3, 0.4) is 0 Å². The fourth-order valence-corrected chi connectivity index (χ4v) is 5.74. The SMILES string of the molecule is CC/C=C\C/C=C\C/C=C\C/C=C\CCCCC(=O)OC(COCCC(C(=O)O)[N+](C)(C)C)COC(=O)CCCCCCCCC/C=C\C/C=C\C/C=C\CC. The summed E-state index contributed by atoms with van der Waals surface area (Å²) in [6.45, 7) is 4.43. The van der Waals surface area contributed by atoms with Gasteiger partial charge >= 0.3 is 17.9 Å². The molecule has 0 rings (SSSR count). The molecule has 0 fully saturated rings. The summed E-state index contributed by atoms with van der Waals surface area (Å²) >= 11 is 0. The Hall–Kier alpha value is -3.49. The zero-order valence-corrected chi connectivity index (χ0v) is 36.1. The van der Waals surface area contributed by atoms with Crippen molar-refractivity contribution in [3.63, 3.8) is 0 Å². The molecule has 8 heteroatoms. The molecule has 0 saturated heterocycles. The molecule has 0 radical (unpaired) electrons. The molecule has 0 aromatic heterocycles. The van der Waals surface area contributed by atoms with Crippen LogP contribution in [0, 0.1) is 0 Å². The highest BCUT2D eigenvalue weighted by atomic mass is 16.6. The number of carboxylic acid groups (broad SMARTS) is 1. The first kappa shape index (κ1) is 52.5. The number of carbonyl (C=O) groups excluding carboxylic acids is 2. The Bertz CT molecular complexity index is 1190. The highest BCUT2D eigenvalue weighted by Crippen LogP contribution is 2.13. The molecule has 1 N–H and O–H groups in total. The third-order valence-corrected chi connectivity index (χ3v) is 9.04. The van der Waals surface area contributed by atoms with Gasteiger partial charge in [0.15, 0.2) is 12.1 Å². The van der Waals surface area contributed by atoms with Crippen LogP contribution in [0.25, 0.3) is 0 Å².